The lowest BCUT2D eigenvalue weighted by atomic mass is 10.1. The highest BCUT2D eigenvalue weighted by Gasteiger charge is 2.16. The van der Waals surface area contributed by atoms with Crippen LogP contribution in [0, 0.1) is 0 Å². The molecule has 1 aromatic carbocycles. The number of morpholine rings is 1. The molecule has 0 saturated carbocycles. The number of amides is 2. The summed E-state index contributed by atoms with van der Waals surface area (Å²) in [5, 5.41) is 9.42. The van der Waals surface area contributed by atoms with Gasteiger partial charge >= 0.3 is 6.03 Å². The van der Waals surface area contributed by atoms with E-state index in [9.17, 15) is 4.79 Å². The lowest BCUT2D eigenvalue weighted by Gasteiger charge is -2.27. The predicted molar refractivity (Wildman–Crippen MR) is 80.0 cm³/mol. The number of nitrogens with two attached hydrogens (primary N) is 1. The van der Waals surface area contributed by atoms with Gasteiger partial charge in [0.2, 0.25) is 0 Å². The molecule has 1 aliphatic heterocycles. The fourth-order valence-corrected chi connectivity index (χ4v) is 2.37. The molecule has 6 heteroatoms. The fraction of sp³-hybridized carbons (Fsp3) is 0.500. The minimum absolute atomic E-state index is 0.304. The molecule has 2 amide bonds. The monoisotopic (exact) mass is 278 g/mol. The summed E-state index contributed by atoms with van der Waals surface area (Å²) in [6.45, 7) is 4.59. The van der Waals surface area contributed by atoms with Gasteiger partial charge in [-0.05, 0) is 31.5 Å². The largest absolute Gasteiger partial charge is 0.382 e. The molecule has 2 atom stereocenters. The molecular formula is C14H22N4O2. The second-order valence-electron chi connectivity index (χ2n) is 5.08. The van der Waals surface area contributed by atoms with Gasteiger partial charge in [0, 0.05) is 30.0 Å². The number of nitrogens with one attached hydrogen (secondary N) is 3. The molecule has 6 nitrogen and oxygen atoms in total. The van der Waals surface area contributed by atoms with Crippen LogP contribution < -0.4 is 21.7 Å². The van der Waals surface area contributed by atoms with Crippen LogP contribution in [-0.2, 0) is 4.74 Å². The van der Waals surface area contributed by atoms with E-state index < -0.39 is 6.03 Å². The Balaban J connectivity index is 1.86. The molecule has 1 aromatic rings. The molecule has 1 heterocycles. The second-order valence-corrected chi connectivity index (χ2v) is 5.08. The van der Waals surface area contributed by atoms with Crippen LogP contribution in [0.2, 0.25) is 0 Å². The van der Waals surface area contributed by atoms with Crippen molar-refractivity contribution in [2.45, 2.75) is 25.4 Å². The Labute approximate surface area is 119 Å². The number of primary amides is 1. The maximum absolute atomic E-state index is 10.8. The fourth-order valence-electron chi connectivity index (χ4n) is 2.37. The van der Waals surface area contributed by atoms with Gasteiger partial charge in [0.15, 0.2) is 0 Å². The third kappa shape index (κ3) is 4.71. The standard InChI is InChI=1S/C14H22N4O2/c1-10(7-13-9-20-6-5-16-13)17-11-3-2-4-12(8-11)18-14(15)19/h2-4,8,10,13,16-17H,5-7,9H2,1H3,(H3,15,18,19). The van der Waals surface area contributed by atoms with Gasteiger partial charge in [-0.2, -0.15) is 0 Å². The van der Waals surface area contributed by atoms with Gasteiger partial charge in [-0.3, -0.25) is 0 Å². The van der Waals surface area contributed by atoms with Gasteiger partial charge < -0.3 is 26.4 Å². The van der Waals surface area contributed by atoms with Crippen molar-refractivity contribution >= 4 is 17.4 Å². The molecule has 0 aromatic heterocycles. The number of urea groups is 1. The zero-order chi connectivity index (χ0) is 14.4. The van der Waals surface area contributed by atoms with Crippen LogP contribution >= 0.6 is 0 Å². The van der Waals surface area contributed by atoms with Crippen molar-refractivity contribution in [3.8, 4) is 0 Å². The minimum Gasteiger partial charge on any atom is -0.382 e. The SMILES string of the molecule is CC(CC1COCCN1)Nc1cccc(NC(N)=O)c1. The van der Waals surface area contributed by atoms with Crippen LogP contribution in [0.4, 0.5) is 16.2 Å². The first-order valence-corrected chi connectivity index (χ1v) is 6.87. The van der Waals surface area contributed by atoms with Crippen LogP contribution in [0.15, 0.2) is 24.3 Å². The van der Waals surface area contributed by atoms with Crippen molar-refractivity contribution < 1.29 is 9.53 Å². The van der Waals surface area contributed by atoms with E-state index in [0.29, 0.717) is 17.8 Å². The number of ether oxygens (including phenoxy) is 1. The number of carbonyl (C=O) groups is 1. The average molecular weight is 278 g/mol. The summed E-state index contributed by atoms with van der Waals surface area (Å²) >= 11 is 0. The summed E-state index contributed by atoms with van der Waals surface area (Å²) in [5.74, 6) is 0. The van der Waals surface area contributed by atoms with Crippen molar-refractivity contribution in [1.82, 2.24) is 5.32 Å². The summed E-state index contributed by atoms with van der Waals surface area (Å²) in [6.07, 6.45) is 0.980. The summed E-state index contributed by atoms with van der Waals surface area (Å²) in [4.78, 5) is 10.8. The normalized spacial score (nSPS) is 20.1. The first-order valence-electron chi connectivity index (χ1n) is 6.87. The lowest BCUT2D eigenvalue weighted by Crippen LogP contribution is -2.43. The van der Waals surface area contributed by atoms with Gasteiger partial charge in [0.25, 0.3) is 0 Å². The Morgan fingerprint density at radius 1 is 1.55 bits per heavy atom. The highest BCUT2D eigenvalue weighted by atomic mass is 16.5. The molecule has 2 rings (SSSR count). The van der Waals surface area contributed by atoms with Crippen molar-refractivity contribution in [2.24, 2.45) is 5.73 Å². The summed E-state index contributed by atoms with van der Waals surface area (Å²) in [6, 6.07) is 7.65. The maximum Gasteiger partial charge on any atom is 0.316 e. The molecular weight excluding hydrogens is 256 g/mol. The first-order chi connectivity index (χ1) is 9.63. The Hall–Kier alpha value is -1.79. The molecule has 2 unspecified atom stereocenters. The van der Waals surface area contributed by atoms with Crippen molar-refractivity contribution in [3.63, 3.8) is 0 Å². The number of benzene rings is 1. The molecule has 0 spiro atoms. The van der Waals surface area contributed by atoms with Crippen LogP contribution in [0.1, 0.15) is 13.3 Å². The van der Waals surface area contributed by atoms with Crippen LogP contribution in [0.3, 0.4) is 0 Å². The Morgan fingerprint density at radius 3 is 3.05 bits per heavy atom. The van der Waals surface area contributed by atoms with E-state index in [1.54, 1.807) is 6.07 Å². The molecule has 110 valence electrons. The number of carbonyl (C=O) groups excluding carboxylic acids is 1. The number of anilines is 2. The molecule has 0 radical (unpaired) electrons. The van der Waals surface area contributed by atoms with E-state index in [0.717, 1.165) is 31.9 Å². The van der Waals surface area contributed by atoms with E-state index in [4.69, 9.17) is 10.5 Å². The van der Waals surface area contributed by atoms with Gasteiger partial charge in [-0.1, -0.05) is 6.07 Å². The average Bonchev–Trinajstić information content (AvgIpc) is 2.39. The molecule has 0 aliphatic carbocycles. The summed E-state index contributed by atoms with van der Waals surface area (Å²) in [7, 11) is 0. The molecule has 1 fully saturated rings. The number of hydrogen-bond donors (Lipinski definition) is 4. The maximum atomic E-state index is 10.8. The predicted octanol–water partition coefficient (Wildman–Crippen LogP) is 1.36. The highest BCUT2D eigenvalue weighted by molar-refractivity contribution is 5.88. The minimum atomic E-state index is -0.557. The van der Waals surface area contributed by atoms with Crippen LogP contribution in [0.25, 0.3) is 0 Å². The molecule has 1 saturated heterocycles. The zero-order valence-corrected chi connectivity index (χ0v) is 11.7. The molecule has 0 bridgehead atoms. The Kier molecular flexibility index (Phi) is 5.20. The zero-order valence-electron chi connectivity index (χ0n) is 11.7. The second kappa shape index (κ2) is 7.12. The summed E-state index contributed by atoms with van der Waals surface area (Å²) in [5.41, 5.74) is 6.75. The molecule has 20 heavy (non-hydrogen) atoms. The third-order valence-electron chi connectivity index (χ3n) is 3.18. The quantitative estimate of drug-likeness (QED) is 0.655. The van der Waals surface area contributed by atoms with Crippen molar-refractivity contribution in [1.29, 1.82) is 0 Å². The van der Waals surface area contributed by atoms with Crippen molar-refractivity contribution in [2.75, 3.05) is 30.4 Å². The van der Waals surface area contributed by atoms with Crippen LogP contribution in [0.5, 0.6) is 0 Å². The smallest absolute Gasteiger partial charge is 0.316 e. The number of hydrogen-bond acceptors (Lipinski definition) is 4. The van der Waals surface area contributed by atoms with Crippen molar-refractivity contribution in [3.05, 3.63) is 24.3 Å². The van der Waals surface area contributed by atoms with E-state index >= 15 is 0 Å². The van der Waals surface area contributed by atoms with E-state index in [1.165, 1.54) is 0 Å². The lowest BCUT2D eigenvalue weighted by molar-refractivity contribution is 0.0731. The Bertz CT molecular complexity index is 447. The summed E-state index contributed by atoms with van der Waals surface area (Å²) < 4.78 is 5.44. The highest BCUT2D eigenvalue weighted by Crippen LogP contribution is 2.17. The number of rotatable bonds is 5. The van der Waals surface area contributed by atoms with E-state index in [-0.39, 0.29) is 0 Å². The first kappa shape index (κ1) is 14.6. The van der Waals surface area contributed by atoms with Gasteiger partial charge in [0.1, 0.15) is 0 Å². The van der Waals surface area contributed by atoms with E-state index in [1.807, 2.05) is 18.2 Å². The van der Waals surface area contributed by atoms with E-state index in [2.05, 4.69) is 22.9 Å². The molecule has 1 aliphatic rings. The van der Waals surface area contributed by atoms with Gasteiger partial charge in [-0.15, -0.1) is 0 Å². The Morgan fingerprint density at radius 2 is 2.35 bits per heavy atom. The van der Waals surface area contributed by atoms with Crippen LogP contribution in [-0.4, -0.2) is 37.9 Å². The topological polar surface area (TPSA) is 88.4 Å². The van der Waals surface area contributed by atoms with Gasteiger partial charge in [-0.25, -0.2) is 4.79 Å². The molecule has 5 N–H and O–H groups in total. The third-order valence-corrected chi connectivity index (χ3v) is 3.18. The van der Waals surface area contributed by atoms with Gasteiger partial charge in [0.05, 0.1) is 13.2 Å².